The summed E-state index contributed by atoms with van der Waals surface area (Å²) in [6.45, 7) is 3.69. The fourth-order valence-corrected chi connectivity index (χ4v) is 4.85. The Bertz CT molecular complexity index is 1550. The van der Waals surface area contributed by atoms with Crippen molar-refractivity contribution in [2.45, 2.75) is 32.6 Å². The summed E-state index contributed by atoms with van der Waals surface area (Å²) in [4.78, 5) is 51.5. The quantitative estimate of drug-likeness (QED) is 0.142. The van der Waals surface area contributed by atoms with Gasteiger partial charge < -0.3 is 16.0 Å². The summed E-state index contributed by atoms with van der Waals surface area (Å²) in [5, 5.41) is 11.1. The zero-order valence-electron chi connectivity index (χ0n) is 21.3. The number of imide groups is 1. The van der Waals surface area contributed by atoms with Gasteiger partial charge >= 0.3 is 0 Å². The molecule has 0 saturated carbocycles. The Hall–Kier alpha value is -4.46. The van der Waals surface area contributed by atoms with Crippen molar-refractivity contribution in [3.05, 3.63) is 92.2 Å². The van der Waals surface area contributed by atoms with Crippen molar-refractivity contribution in [3.63, 3.8) is 0 Å². The molecule has 4 aromatic rings. The van der Waals surface area contributed by atoms with Crippen LogP contribution in [0.3, 0.4) is 0 Å². The number of carbonyl (C=O) groups excluding carboxylic acids is 2. The Morgan fingerprint density at radius 3 is 2.11 bits per heavy atom. The van der Waals surface area contributed by atoms with Gasteiger partial charge in [0, 0.05) is 52.9 Å². The van der Waals surface area contributed by atoms with Crippen LogP contribution < -0.4 is 26.8 Å². The van der Waals surface area contributed by atoms with Crippen LogP contribution in [-0.4, -0.2) is 36.3 Å². The van der Waals surface area contributed by atoms with Gasteiger partial charge in [0.15, 0.2) is 0 Å². The van der Waals surface area contributed by atoms with E-state index in [9.17, 15) is 19.2 Å². The second-order valence-corrected chi connectivity index (χ2v) is 9.46. The molecule has 8 nitrogen and oxygen atoms in total. The first kappa shape index (κ1) is 25.2. The van der Waals surface area contributed by atoms with Gasteiger partial charge in [-0.3, -0.25) is 24.1 Å². The molecule has 0 fully saturated rings. The molecule has 0 radical (unpaired) electrons. The monoisotopic (exact) mass is 510 g/mol. The number of rotatable bonds is 12. The fourth-order valence-electron chi connectivity index (χ4n) is 4.85. The number of carbonyl (C=O) groups is 2. The van der Waals surface area contributed by atoms with Crippen LogP contribution in [0, 0.1) is 0 Å². The number of anilines is 4. The number of nitrogens with one attached hydrogen (secondary N) is 3. The van der Waals surface area contributed by atoms with Crippen LogP contribution in [0.2, 0.25) is 0 Å². The van der Waals surface area contributed by atoms with Crippen LogP contribution >= 0.6 is 0 Å². The number of hydrogen-bond acceptors (Lipinski definition) is 7. The highest BCUT2D eigenvalue weighted by Crippen LogP contribution is 2.34. The summed E-state index contributed by atoms with van der Waals surface area (Å²) in [6, 6.07) is 18.5. The predicted octanol–water partition coefficient (Wildman–Crippen LogP) is 4.88. The number of amides is 2. The highest BCUT2D eigenvalue weighted by atomic mass is 16.2. The Balaban J connectivity index is 1.18. The highest BCUT2D eigenvalue weighted by Gasteiger charge is 2.32. The zero-order chi connectivity index (χ0) is 26.6. The minimum absolute atomic E-state index is 0.232. The van der Waals surface area contributed by atoms with Crippen molar-refractivity contribution in [1.82, 2.24) is 4.90 Å². The average Bonchev–Trinajstić information content (AvgIpc) is 2.95. The van der Waals surface area contributed by atoms with E-state index in [0.29, 0.717) is 47.5 Å². The highest BCUT2D eigenvalue weighted by molar-refractivity contribution is 6.26. The van der Waals surface area contributed by atoms with Crippen LogP contribution in [0.5, 0.6) is 0 Å². The first-order valence-corrected chi connectivity index (χ1v) is 13.1. The molecular weight excluding hydrogens is 480 g/mol. The van der Waals surface area contributed by atoms with Gasteiger partial charge in [-0.1, -0.05) is 43.7 Å². The van der Waals surface area contributed by atoms with Crippen molar-refractivity contribution in [3.8, 4) is 0 Å². The third-order valence-electron chi connectivity index (χ3n) is 6.90. The van der Waals surface area contributed by atoms with Gasteiger partial charge in [-0.25, -0.2) is 0 Å². The Morgan fingerprint density at radius 1 is 0.684 bits per heavy atom. The second kappa shape index (κ2) is 10.9. The molecular formula is C30H30N4O4. The fraction of sp³-hybridized carbons (Fsp3) is 0.267. The first-order chi connectivity index (χ1) is 18.5. The topological polar surface area (TPSA) is 108 Å². The van der Waals surface area contributed by atoms with E-state index in [1.165, 1.54) is 4.90 Å². The lowest BCUT2D eigenvalue weighted by atomic mass is 9.93. The van der Waals surface area contributed by atoms with E-state index in [-0.39, 0.29) is 11.8 Å². The summed E-state index contributed by atoms with van der Waals surface area (Å²) in [7, 11) is 0. The lowest BCUT2D eigenvalue weighted by Gasteiger charge is -2.27. The van der Waals surface area contributed by atoms with E-state index < -0.39 is 10.9 Å². The third-order valence-corrected chi connectivity index (χ3v) is 6.90. The van der Waals surface area contributed by atoms with E-state index in [1.54, 1.807) is 12.1 Å². The predicted molar refractivity (Wildman–Crippen MR) is 152 cm³/mol. The molecule has 0 aromatic heterocycles. The number of benzene rings is 3. The van der Waals surface area contributed by atoms with Crippen molar-refractivity contribution >= 4 is 45.3 Å². The molecule has 0 bridgehead atoms. The minimum atomic E-state index is -0.508. The molecule has 8 heteroatoms. The molecule has 0 atom stereocenters. The number of hydrogen-bond donors (Lipinski definition) is 3. The molecule has 1 aliphatic heterocycles. The van der Waals surface area contributed by atoms with Gasteiger partial charge in [-0.2, -0.15) is 0 Å². The van der Waals surface area contributed by atoms with Gasteiger partial charge in [-0.15, -0.1) is 0 Å². The maximum absolute atomic E-state index is 13.0. The van der Waals surface area contributed by atoms with Crippen LogP contribution in [-0.2, 0) is 0 Å². The van der Waals surface area contributed by atoms with Gasteiger partial charge in [-0.05, 0) is 49.6 Å². The van der Waals surface area contributed by atoms with Gasteiger partial charge in [0.1, 0.15) is 11.4 Å². The molecule has 1 aliphatic rings. The van der Waals surface area contributed by atoms with Gasteiger partial charge in [0.05, 0.1) is 0 Å². The van der Waals surface area contributed by atoms with Crippen LogP contribution in [0.1, 0.15) is 53.3 Å². The van der Waals surface area contributed by atoms with E-state index in [4.69, 9.17) is 0 Å². The number of nitrogens with zero attached hydrogens (tertiary/aromatic N) is 1. The van der Waals surface area contributed by atoms with Crippen molar-refractivity contribution in [2.24, 2.45) is 0 Å². The minimum Gasteiger partial charge on any atom is -0.385 e. The van der Waals surface area contributed by atoms with Gasteiger partial charge in [0.25, 0.3) is 22.7 Å². The molecule has 38 heavy (non-hydrogen) atoms. The summed E-state index contributed by atoms with van der Waals surface area (Å²) >= 11 is 0. The number of unbranched alkanes of at least 4 members (excludes halogenated alkanes) is 2. The summed E-state index contributed by atoms with van der Waals surface area (Å²) in [5.41, 5.74) is 2.39. The van der Waals surface area contributed by atoms with Gasteiger partial charge in [0.2, 0.25) is 0 Å². The van der Waals surface area contributed by atoms with E-state index in [2.05, 4.69) is 16.0 Å². The molecule has 1 heterocycles. The van der Waals surface area contributed by atoms with Crippen molar-refractivity contribution in [1.29, 1.82) is 0 Å². The lowest BCUT2D eigenvalue weighted by molar-refractivity contribution is 0.0608. The van der Waals surface area contributed by atoms with Crippen LogP contribution in [0.15, 0.2) is 70.3 Å². The molecule has 194 valence electrons. The zero-order valence-corrected chi connectivity index (χ0v) is 21.3. The summed E-state index contributed by atoms with van der Waals surface area (Å²) in [5.74, 6) is -0.464. The molecule has 0 spiro atoms. The van der Waals surface area contributed by atoms with E-state index in [0.717, 1.165) is 42.4 Å². The maximum Gasteiger partial charge on any atom is 0.261 e. The molecule has 3 N–H and O–H groups in total. The summed E-state index contributed by atoms with van der Waals surface area (Å²) < 4.78 is 0. The lowest BCUT2D eigenvalue weighted by Crippen LogP contribution is -2.40. The van der Waals surface area contributed by atoms with Crippen LogP contribution in [0.4, 0.5) is 22.7 Å². The SMILES string of the molecule is CCCCN1C(=O)c2cccc3c(NCCCCNc4c(Nc5ccccc5)c(=O)c4=O)ccc(c23)C1=O. The molecule has 2 amide bonds. The smallest absolute Gasteiger partial charge is 0.261 e. The standard InChI is InChI=1S/C30H30N4O4/c1-2-3-18-34-29(37)21-13-9-12-20-23(15-14-22(24(20)21)30(34)38)31-16-7-8-17-32-25-26(28(36)27(25)35)33-19-10-5-4-6-11-19/h4-6,9-15,31-33H,2-3,7-8,16-18H2,1H3. The molecule has 4 aromatic carbocycles. The Kier molecular flexibility index (Phi) is 7.22. The van der Waals surface area contributed by atoms with Crippen LogP contribution in [0.25, 0.3) is 10.8 Å². The van der Waals surface area contributed by atoms with Crippen molar-refractivity contribution in [2.75, 3.05) is 35.6 Å². The Morgan fingerprint density at radius 2 is 1.37 bits per heavy atom. The molecule has 5 rings (SSSR count). The van der Waals surface area contributed by atoms with E-state index in [1.807, 2.05) is 55.5 Å². The first-order valence-electron chi connectivity index (χ1n) is 13.1. The number of para-hydroxylation sites is 1. The largest absolute Gasteiger partial charge is 0.385 e. The third kappa shape index (κ3) is 4.65. The van der Waals surface area contributed by atoms with E-state index >= 15 is 0 Å². The molecule has 0 aliphatic carbocycles. The van der Waals surface area contributed by atoms with Crippen molar-refractivity contribution < 1.29 is 9.59 Å². The molecule has 0 unspecified atom stereocenters. The Labute approximate surface area is 220 Å². The normalized spacial score (nSPS) is 12.8. The second-order valence-electron chi connectivity index (χ2n) is 9.46. The molecule has 0 saturated heterocycles. The average molecular weight is 511 g/mol. The summed E-state index contributed by atoms with van der Waals surface area (Å²) in [6.07, 6.45) is 3.28. The maximum atomic E-state index is 13.0.